The van der Waals surface area contributed by atoms with Crippen LogP contribution in [0.25, 0.3) is 33.2 Å². The van der Waals surface area contributed by atoms with Gasteiger partial charge in [-0.25, -0.2) is 17.2 Å². The highest BCUT2D eigenvalue weighted by molar-refractivity contribution is 7.92. The molecule has 0 spiro atoms. The molecule has 0 bridgehead atoms. The molecule has 2 aromatic heterocycles. The third-order valence-corrected chi connectivity index (χ3v) is 9.43. The van der Waals surface area contributed by atoms with Gasteiger partial charge in [-0.1, -0.05) is 6.07 Å². The highest BCUT2D eigenvalue weighted by Crippen LogP contribution is 2.45. The van der Waals surface area contributed by atoms with E-state index in [1.807, 2.05) is 25.2 Å². The van der Waals surface area contributed by atoms with Crippen molar-refractivity contribution in [2.45, 2.75) is 24.8 Å². The average molecular weight is 578 g/mol. The van der Waals surface area contributed by atoms with Crippen molar-refractivity contribution in [2.75, 3.05) is 31.2 Å². The first-order chi connectivity index (χ1) is 19.5. The summed E-state index contributed by atoms with van der Waals surface area (Å²) in [5.74, 6) is -0.478. The molecule has 1 aliphatic heterocycles. The van der Waals surface area contributed by atoms with Crippen molar-refractivity contribution < 1.29 is 26.4 Å². The van der Waals surface area contributed by atoms with Gasteiger partial charge in [0, 0.05) is 40.7 Å². The van der Waals surface area contributed by atoms with Crippen LogP contribution in [0.3, 0.4) is 0 Å². The smallest absolute Gasteiger partial charge is 0.232 e. The third kappa shape index (κ3) is 4.81. The Labute approximate surface area is 236 Å². The number of carbonyl (C=O) groups is 1. The maximum Gasteiger partial charge on any atom is 0.232 e. The van der Waals surface area contributed by atoms with Crippen LogP contribution in [0.2, 0.25) is 0 Å². The summed E-state index contributed by atoms with van der Waals surface area (Å²) in [6.07, 6.45) is 3.24. The van der Waals surface area contributed by atoms with Crippen molar-refractivity contribution in [2.24, 2.45) is 0 Å². The van der Waals surface area contributed by atoms with Gasteiger partial charge in [-0.3, -0.25) is 14.0 Å². The number of rotatable bonds is 6. The maximum atomic E-state index is 14.5. The average Bonchev–Trinajstić information content (AvgIpc) is 3.54. The Morgan fingerprint density at radius 3 is 2.51 bits per heavy atom. The number of halogens is 2. The van der Waals surface area contributed by atoms with Crippen molar-refractivity contribution >= 4 is 43.9 Å². The van der Waals surface area contributed by atoms with Gasteiger partial charge in [-0.15, -0.1) is 0 Å². The lowest BCUT2D eigenvalue weighted by Gasteiger charge is -2.38. The normalized spacial score (nSPS) is 18.3. The van der Waals surface area contributed by atoms with Gasteiger partial charge in [0.2, 0.25) is 10.0 Å². The van der Waals surface area contributed by atoms with Gasteiger partial charge in [-0.2, -0.15) is 0 Å². The topological polar surface area (TPSA) is 86.6 Å². The van der Waals surface area contributed by atoms with Crippen LogP contribution in [0.5, 0.6) is 0 Å². The molecule has 10 heteroatoms. The number of anilines is 1. The van der Waals surface area contributed by atoms with E-state index in [0.29, 0.717) is 51.6 Å². The minimum atomic E-state index is -3.63. The molecular weight excluding hydrogens is 548 g/mol. The molecule has 3 aromatic carbocycles. The first-order valence-electron chi connectivity index (χ1n) is 13.3. The standard InChI is InChI=1S/C31H29F2N3O4S/c1-35-12-11-19(13-29(35)27-15-23-25(33)5-4-6-26(23)34-27)21-14-22-24(17-37)31(18-7-9-20(32)10-8-18)40-30(22)16-28(21)36(2)41(3,38)39/h4-10,14-17,19,29,34H,11-13H2,1-3H3. The Bertz CT molecular complexity index is 1900. The Morgan fingerprint density at radius 1 is 1.07 bits per heavy atom. The van der Waals surface area contributed by atoms with Gasteiger partial charge >= 0.3 is 0 Å². The first-order valence-corrected chi connectivity index (χ1v) is 15.1. The minimum Gasteiger partial charge on any atom is -0.455 e. The predicted octanol–water partition coefficient (Wildman–Crippen LogP) is 6.62. The monoisotopic (exact) mass is 577 g/mol. The molecule has 0 saturated carbocycles. The number of hydrogen-bond donors (Lipinski definition) is 1. The highest BCUT2D eigenvalue weighted by atomic mass is 32.2. The van der Waals surface area contributed by atoms with Crippen LogP contribution in [0, 0.1) is 11.6 Å². The van der Waals surface area contributed by atoms with E-state index in [9.17, 15) is 22.0 Å². The summed E-state index contributed by atoms with van der Waals surface area (Å²) < 4.78 is 60.8. The summed E-state index contributed by atoms with van der Waals surface area (Å²) in [5, 5.41) is 1.09. The van der Waals surface area contributed by atoms with Gasteiger partial charge < -0.3 is 9.40 Å². The minimum absolute atomic E-state index is 0.0697. The lowest BCUT2D eigenvalue weighted by molar-refractivity contribution is 0.112. The van der Waals surface area contributed by atoms with Gasteiger partial charge in [0.25, 0.3) is 0 Å². The zero-order chi connectivity index (χ0) is 29.1. The van der Waals surface area contributed by atoms with Gasteiger partial charge in [0.1, 0.15) is 23.0 Å². The number of benzene rings is 3. The first kappa shape index (κ1) is 27.2. The lowest BCUT2D eigenvalue weighted by Crippen LogP contribution is -2.34. The van der Waals surface area contributed by atoms with Crippen LogP contribution in [0.1, 0.15) is 46.4 Å². The second kappa shape index (κ2) is 10.1. The Balaban J connectivity index is 1.48. The number of nitrogens with zero attached hydrogens (tertiary/aromatic N) is 2. The number of hydrogen-bond acceptors (Lipinski definition) is 5. The molecule has 41 heavy (non-hydrogen) atoms. The van der Waals surface area contributed by atoms with Crippen molar-refractivity contribution in [1.29, 1.82) is 0 Å². The number of H-pyrrole nitrogens is 1. The SMILES string of the molecule is CN1CCC(c2cc3c(C=O)c(-c4ccc(F)cc4)oc3cc2N(C)S(C)(=O)=O)CC1c1cc2c(F)cccc2[nH]1. The van der Waals surface area contributed by atoms with Crippen LogP contribution in [0.15, 0.2) is 65.1 Å². The van der Waals surface area contributed by atoms with E-state index in [4.69, 9.17) is 4.42 Å². The largest absolute Gasteiger partial charge is 0.455 e. The molecule has 6 rings (SSSR count). The van der Waals surface area contributed by atoms with Crippen LogP contribution in [-0.2, 0) is 10.0 Å². The molecular formula is C31H29F2N3O4S. The fraction of sp³-hybridized carbons (Fsp3) is 0.258. The summed E-state index contributed by atoms with van der Waals surface area (Å²) in [4.78, 5) is 17.9. The van der Waals surface area contributed by atoms with E-state index in [-0.39, 0.29) is 17.8 Å². The molecule has 1 saturated heterocycles. The quantitative estimate of drug-likeness (QED) is 0.229. The molecule has 1 fully saturated rings. The lowest BCUT2D eigenvalue weighted by atomic mass is 9.83. The van der Waals surface area contributed by atoms with Crippen LogP contribution in [-0.4, -0.2) is 51.5 Å². The fourth-order valence-corrected chi connectivity index (χ4v) is 6.44. The third-order valence-electron chi connectivity index (χ3n) is 8.24. The highest BCUT2D eigenvalue weighted by Gasteiger charge is 2.33. The molecule has 0 radical (unpaired) electrons. The molecule has 5 aromatic rings. The Morgan fingerprint density at radius 2 is 1.83 bits per heavy atom. The number of furan rings is 1. The summed E-state index contributed by atoms with van der Waals surface area (Å²) in [6, 6.07) is 15.9. The zero-order valence-electron chi connectivity index (χ0n) is 22.8. The van der Waals surface area contributed by atoms with Crippen LogP contribution in [0.4, 0.5) is 14.5 Å². The maximum absolute atomic E-state index is 14.5. The van der Waals surface area contributed by atoms with E-state index in [2.05, 4.69) is 9.88 Å². The van der Waals surface area contributed by atoms with E-state index >= 15 is 0 Å². The summed E-state index contributed by atoms with van der Waals surface area (Å²) in [6.45, 7) is 0.722. The van der Waals surface area contributed by atoms with Crippen LogP contribution >= 0.6 is 0 Å². The molecule has 2 unspecified atom stereocenters. The Hall–Kier alpha value is -4.02. The Kier molecular flexibility index (Phi) is 6.70. The summed E-state index contributed by atoms with van der Waals surface area (Å²) in [5.41, 5.74) is 4.06. The zero-order valence-corrected chi connectivity index (χ0v) is 23.6. The van der Waals surface area contributed by atoms with Crippen LogP contribution < -0.4 is 4.31 Å². The number of aldehydes is 1. The van der Waals surface area contributed by atoms with E-state index in [0.717, 1.165) is 36.0 Å². The molecule has 212 valence electrons. The van der Waals surface area contributed by atoms with Crippen molar-refractivity contribution in [1.82, 2.24) is 9.88 Å². The second-order valence-electron chi connectivity index (χ2n) is 10.8. The van der Waals surface area contributed by atoms with Gasteiger partial charge in [-0.05, 0) is 86.4 Å². The van der Waals surface area contributed by atoms with E-state index in [1.54, 1.807) is 12.1 Å². The van der Waals surface area contributed by atoms with E-state index in [1.165, 1.54) is 41.7 Å². The molecule has 7 nitrogen and oxygen atoms in total. The van der Waals surface area contributed by atoms with Crippen molar-refractivity contribution in [3.05, 3.63) is 89.1 Å². The number of likely N-dealkylation sites (tertiary alicyclic amines) is 1. The van der Waals surface area contributed by atoms with E-state index < -0.39 is 15.8 Å². The molecule has 0 aliphatic carbocycles. The van der Waals surface area contributed by atoms with Crippen molar-refractivity contribution in [3.63, 3.8) is 0 Å². The van der Waals surface area contributed by atoms with Crippen molar-refractivity contribution in [3.8, 4) is 11.3 Å². The number of fused-ring (bicyclic) bond motifs is 2. The molecule has 1 N–H and O–H groups in total. The molecule has 1 aliphatic rings. The molecule has 0 amide bonds. The number of nitrogens with one attached hydrogen (secondary N) is 1. The van der Waals surface area contributed by atoms with Gasteiger partial charge in [0.05, 0.1) is 23.5 Å². The number of piperidine rings is 1. The predicted molar refractivity (Wildman–Crippen MR) is 156 cm³/mol. The van der Waals surface area contributed by atoms with Gasteiger partial charge in [0.15, 0.2) is 6.29 Å². The number of carbonyl (C=O) groups excluding carboxylic acids is 1. The second-order valence-corrected chi connectivity index (χ2v) is 12.8. The number of sulfonamides is 1. The summed E-state index contributed by atoms with van der Waals surface area (Å²) >= 11 is 0. The fourth-order valence-electron chi connectivity index (χ4n) is 5.93. The summed E-state index contributed by atoms with van der Waals surface area (Å²) in [7, 11) is -0.112. The number of aromatic amines is 1. The number of aromatic nitrogens is 1. The molecule has 3 heterocycles. The molecule has 2 atom stereocenters.